The molecular weight excluding hydrogens is 390 g/mol. The van der Waals surface area contributed by atoms with Crippen LogP contribution in [-0.2, 0) is 13.5 Å². The Morgan fingerprint density at radius 3 is 1.67 bits per heavy atom. The molecule has 0 fully saturated rings. The van der Waals surface area contributed by atoms with Gasteiger partial charge in [-0.3, -0.25) is 0 Å². The number of hydrogen-bond donors (Lipinski definition) is 0. The van der Waals surface area contributed by atoms with Crippen LogP contribution in [0.2, 0.25) is 0 Å². The topological polar surface area (TPSA) is 0 Å². The number of halogens is 2. The molecule has 0 spiro atoms. The van der Waals surface area contributed by atoms with Crippen molar-refractivity contribution < 1.29 is 13.5 Å². The summed E-state index contributed by atoms with van der Waals surface area (Å²) in [6.07, 6.45) is 2.69. The molecule has 0 aliphatic heterocycles. The first-order valence-electron chi connectivity index (χ1n) is 5.79. The number of hydrogen-bond acceptors (Lipinski definition) is 0. The minimum absolute atomic E-state index is 1.12. The van der Waals surface area contributed by atoms with E-state index in [0.717, 1.165) is 22.7 Å². The maximum atomic E-state index is 5.67. The van der Waals surface area contributed by atoms with E-state index >= 15 is 0 Å². The summed E-state index contributed by atoms with van der Waals surface area (Å²) in [4.78, 5) is 0. The van der Waals surface area contributed by atoms with Crippen molar-refractivity contribution in [3.05, 3.63) is 35.9 Å². The fourth-order valence-electron chi connectivity index (χ4n) is 0.610. The Labute approximate surface area is 129 Å². The van der Waals surface area contributed by atoms with Gasteiger partial charge in [0.05, 0.1) is 0 Å². The Hall–Kier alpha value is 1.15. The van der Waals surface area contributed by atoms with Gasteiger partial charge >= 0.3 is 73.4 Å². The molecule has 2 atom stereocenters. The molecule has 0 aliphatic rings. The molecule has 0 nitrogen and oxygen atoms in total. The molecule has 18 heavy (non-hydrogen) atoms. The number of rotatable bonds is 3. The zero-order chi connectivity index (χ0) is 14.2. The van der Waals surface area contributed by atoms with Crippen LogP contribution in [0.15, 0.2) is 30.3 Å². The summed E-state index contributed by atoms with van der Waals surface area (Å²) < 4.78 is 1.92. The van der Waals surface area contributed by atoms with Crippen LogP contribution < -0.4 is 0 Å². The SMILES string of the molecule is CCPC.CCPC.[Cl][Ru]([Cl])=[CH]c1ccccc1. The molecule has 0 bridgehead atoms. The summed E-state index contributed by atoms with van der Waals surface area (Å²) in [5, 5.41) is 0. The van der Waals surface area contributed by atoms with E-state index in [9.17, 15) is 0 Å². The maximum absolute atomic E-state index is 5.67. The van der Waals surface area contributed by atoms with Crippen molar-refractivity contribution in [3.8, 4) is 0 Å². The second-order valence-corrected chi connectivity index (χ2v) is 11.7. The van der Waals surface area contributed by atoms with E-state index in [1.54, 1.807) is 0 Å². The van der Waals surface area contributed by atoms with Gasteiger partial charge in [0.15, 0.2) is 0 Å². The summed E-state index contributed by atoms with van der Waals surface area (Å²) in [5.74, 6) is 0. The van der Waals surface area contributed by atoms with Gasteiger partial charge in [-0.1, -0.05) is 13.8 Å². The normalized spacial score (nSPS) is 10.7. The van der Waals surface area contributed by atoms with Gasteiger partial charge in [-0.05, 0) is 25.7 Å². The molecule has 1 rings (SSSR count). The van der Waals surface area contributed by atoms with E-state index in [1.165, 1.54) is 12.3 Å². The van der Waals surface area contributed by atoms with Gasteiger partial charge in [-0.2, -0.15) is 0 Å². The van der Waals surface area contributed by atoms with Crippen LogP contribution in [0.1, 0.15) is 19.4 Å². The van der Waals surface area contributed by atoms with Crippen molar-refractivity contribution in [2.24, 2.45) is 0 Å². The molecule has 0 saturated heterocycles. The van der Waals surface area contributed by atoms with Crippen LogP contribution in [0.25, 0.3) is 0 Å². The molecule has 0 aliphatic carbocycles. The Kier molecular flexibility index (Phi) is 21.6. The average Bonchev–Trinajstić information content (AvgIpc) is 2.40. The zero-order valence-corrected chi connectivity index (χ0v) is 16.7. The van der Waals surface area contributed by atoms with Gasteiger partial charge in [0, 0.05) is 0 Å². The monoisotopic (exact) mass is 414 g/mol. The molecule has 0 aromatic heterocycles. The molecule has 0 N–H and O–H groups in total. The van der Waals surface area contributed by atoms with Gasteiger partial charge in [0.25, 0.3) is 0 Å². The van der Waals surface area contributed by atoms with Crippen LogP contribution >= 0.6 is 36.5 Å². The zero-order valence-electron chi connectivity index (χ0n) is 11.5. The molecular formula is C13H24Cl2P2Ru. The van der Waals surface area contributed by atoms with E-state index in [4.69, 9.17) is 19.4 Å². The summed E-state index contributed by atoms with van der Waals surface area (Å²) in [7, 11) is 13.6. The first-order chi connectivity index (χ1) is 8.62. The summed E-state index contributed by atoms with van der Waals surface area (Å²) >= 11 is -1.61. The standard InChI is InChI=1S/C7H6.2C3H9P.2ClH.Ru/c1-7-5-3-2-4-6-7;2*1-3-4-2;;;/h1-6H;2*4H,3H2,1-2H3;2*1H;/q;;;;;+2/p-2. The first kappa shape index (κ1) is 21.5. The van der Waals surface area contributed by atoms with Crippen molar-refractivity contribution in [2.75, 3.05) is 25.7 Å². The van der Waals surface area contributed by atoms with Crippen LogP contribution in [0.3, 0.4) is 0 Å². The van der Waals surface area contributed by atoms with Crippen molar-refractivity contribution in [3.63, 3.8) is 0 Å². The average molecular weight is 414 g/mol. The van der Waals surface area contributed by atoms with E-state index < -0.39 is 13.5 Å². The van der Waals surface area contributed by atoms with Crippen LogP contribution in [-0.4, -0.2) is 30.3 Å². The molecule has 108 valence electrons. The van der Waals surface area contributed by atoms with Crippen molar-refractivity contribution in [1.82, 2.24) is 0 Å². The molecule has 0 radical (unpaired) electrons. The molecule has 0 amide bonds. The van der Waals surface area contributed by atoms with Crippen LogP contribution in [0.5, 0.6) is 0 Å². The van der Waals surface area contributed by atoms with Gasteiger partial charge < -0.3 is 0 Å². The first-order valence-corrected chi connectivity index (χ1v) is 14.7. The predicted molar refractivity (Wildman–Crippen MR) is 92.9 cm³/mol. The van der Waals surface area contributed by atoms with E-state index in [1.807, 2.05) is 34.9 Å². The minimum atomic E-state index is -1.61. The Morgan fingerprint density at radius 2 is 1.39 bits per heavy atom. The second-order valence-electron chi connectivity index (χ2n) is 3.13. The van der Waals surface area contributed by atoms with E-state index in [0.29, 0.717) is 0 Å². The predicted octanol–water partition coefficient (Wildman–Crippen LogP) is 5.39. The van der Waals surface area contributed by atoms with Crippen LogP contribution in [0, 0.1) is 0 Å². The second kappa shape index (κ2) is 18.2. The third kappa shape index (κ3) is 19.5. The summed E-state index contributed by atoms with van der Waals surface area (Å²) in [6.45, 7) is 8.80. The van der Waals surface area contributed by atoms with Crippen molar-refractivity contribution >= 4 is 41.2 Å². The van der Waals surface area contributed by atoms with E-state index in [2.05, 4.69) is 27.2 Å². The molecule has 1 aromatic rings. The Morgan fingerprint density at radius 1 is 1.00 bits per heavy atom. The fraction of sp³-hybridized carbons (Fsp3) is 0.462. The fourth-order valence-corrected chi connectivity index (χ4v) is 2.44. The van der Waals surface area contributed by atoms with Gasteiger partial charge in [-0.15, -0.1) is 17.2 Å². The summed E-state index contributed by atoms with van der Waals surface area (Å²) in [5.41, 5.74) is 1.12. The van der Waals surface area contributed by atoms with Gasteiger partial charge in [0.2, 0.25) is 0 Å². The summed E-state index contributed by atoms with van der Waals surface area (Å²) in [6, 6.07) is 9.89. The third-order valence-corrected chi connectivity index (χ3v) is 4.99. The third-order valence-electron chi connectivity index (χ3n) is 1.70. The van der Waals surface area contributed by atoms with Gasteiger partial charge in [-0.25, -0.2) is 0 Å². The van der Waals surface area contributed by atoms with Crippen LogP contribution in [0.4, 0.5) is 0 Å². The van der Waals surface area contributed by atoms with Crippen molar-refractivity contribution in [1.29, 1.82) is 0 Å². The Balaban J connectivity index is 0. The van der Waals surface area contributed by atoms with E-state index in [-0.39, 0.29) is 0 Å². The molecule has 5 heteroatoms. The number of benzene rings is 1. The molecule has 0 heterocycles. The quantitative estimate of drug-likeness (QED) is 0.460. The van der Waals surface area contributed by atoms with Gasteiger partial charge in [0.1, 0.15) is 0 Å². The Bertz CT molecular complexity index is 280. The molecule has 1 aromatic carbocycles. The molecule has 0 saturated carbocycles. The molecule has 2 unspecified atom stereocenters. The van der Waals surface area contributed by atoms with Crippen molar-refractivity contribution in [2.45, 2.75) is 13.8 Å².